The van der Waals surface area contributed by atoms with Crippen molar-refractivity contribution in [1.29, 1.82) is 0 Å². The Bertz CT molecular complexity index is 508. The van der Waals surface area contributed by atoms with E-state index in [4.69, 9.17) is 4.74 Å². The summed E-state index contributed by atoms with van der Waals surface area (Å²) >= 11 is 0. The molecule has 1 amide bonds. The van der Waals surface area contributed by atoms with Crippen LogP contribution in [-0.4, -0.2) is 34.3 Å². The molecule has 0 aliphatic rings. The maximum atomic E-state index is 11.9. The van der Waals surface area contributed by atoms with Gasteiger partial charge in [0, 0.05) is 24.9 Å². The summed E-state index contributed by atoms with van der Waals surface area (Å²) in [6.45, 7) is 3.61. The lowest BCUT2D eigenvalue weighted by Crippen LogP contribution is -2.52. The number of hydrogen-bond acceptors (Lipinski definition) is 4. The second-order valence-electron chi connectivity index (χ2n) is 4.84. The van der Waals surface area contributed by atoms with Crippen LogP contribution in [0.1, 0.15) is 32.3 Å². The van der Waals surface area contributed by atoms with Gasteiger partial charge in [0.2, 0.25) is 5.91 Å². The standard InChI is InChI=1S/C14H21N3O3/c1-5-8-14(2,13(19)20-4)16-12(18)7-6-11-9-15-17(3)10-11/h6-7,9-10H,5,8H2,1-4H3,(H,16,18)/b7-6+. The Kier molecular flexibility index (Phi) is 5.49. The number of rotatable bonds is 6. The van der Waals surface area contributed by atoms with E-state index >= 15 is 0 Å². The van der Waals surface area contributed by atoms with Crippen LogP contribution in [-0.2, 0) is 21.4 Å². The van der Waals surface area contributed by atoms with Gasteiger partial charge in [-0.1, -0.05) is 13.3 Å². The first kappa shape index (κ1) is 15.9. The molecule has 0 spiro atoms. The van der Waals surface area contributed by atoms with Crippen molar-refractivity contribution in [2.75, 3.05) is 7.11 Å². The third-order valence-electron chi connectivity index (χ3n) is 2.94. The Morgan fingerprint density at radius 1 is 1.55 bits per heavy atom. The Balaban J connectivity index is 2.71. The van der Waals surface area contributed by atoms with Crippen molar-refractivity contribution in [3.8, 4) is 0 Å². The Hall–Kier alpha value is -2.11. The van der Waals surface area contributed by atoms with Gasteiger partial charge in [-0.25, -0.2) is 4.79 Å². The monoisotopic (exact) mass is 279 g/mol. The fourth-order valence-corrected chi connectivity index (χ4v) is 1.95. The number of aromatic nitrogens is 2. The molecule has 6 heteroatoms. The molecule has 0 radical (unpaired) electrons. The lowest BCUT2D eigenvalue weighted by molar-refractivity contribution is -0.150. The van der Waals surface area contributed by atoms with Crippen molar-refractivity contribution in [2.24, 2.45) is 7.05 Å². The molecule has 110 valence electrons. The van der Waals surface area contributed by atoms with Crippen LogP contribution < -0.4 is 5.32 Å². The van der Waals surface area contributed by atoms with Crippen molar-refractivity contribution in [3.63, 3.8) is 0 Å². The number of carbonyl (C=O) groups excluding carboxylic acids is 2. The molecule has 1 aromatic rings. The number of nitrogens with one attached hydrogen (secondary N) is 1. The minimum Gasteiger partial charge on any atom is -0.467 e. The van der Waals surface area contributed by atoms with Crippen LogP contribution in [0, 0.1) is 0 Å². The molecule has 1 unspecified atom stereocenters. The van der Waals surface area contributed by atoms with Gasteiger partial charge in [-0.15, -0.1) is 0 Å². The van der Waals surface area contributed by atoms with E-state index in [2.05, 4.69) is 10.4 Å². The minimum absolute atomic E-state index is 0.338. The van der Waals surface area contributed by atoms with Crippen molar-refractivity contribution >= 4 is 18.0 Å². The van der Waals surface area contributed by atoms with Crippen LogP contribution in [0.4, 0.5) is 0 Å². The van der Waals surface area contributed by atoms with Gasteiger partial charge in [-0.3, -0.25) is 9.48 Å². The molecule has 1 aromatic heterocycles. The van der Waals surface area contributed by atoms with Gasteiger partial charge in [-0.05, 0) is 19.4 Å². The van der Waals surface area contributed by atoms with Gasteiger partial charge in [0.05, 0.1) is 13.3 Å². The van der Waals surface area contributed by atoms with Crippen LogP contribution in [0.3, 0.4) is 0 Å². The average molecular weight is 279 g/mol. The molecule has 1 rings (SSSR count). The summed E-state index contributed by atoms with van der Waals surface area (Å²) in [6, 6.07) is 0. The van der Waals surface area contributed by atoms with E-state index in [1.54, 1.807) is 37.1 Å². The summed E-state index contributed by atoms with van der Waals surface area (Å²) in [5.74, 6) is -0.780. The summed E-state index contributed by atoms with van der Waals surface area (Å²) in [6.07, 6.45) is 7.74. The third-order valence-corrected chi connectivity index (χ3v) is 2.94. The van der Waals surface area contributed by atoms with E-state index < -0.39 is 11.5 Å². The molecule has 1 N–H and O–H groups in total. The number of methoxy groups -OCH3 is 1. The van der Waals surface area contributed by atoms with Gasteiger partial charge >= 0.3 is 5.97 Å². The van der Waals surface area contributed by atoms with E-state index in [1.165, 1.54) is 13.2 Å². The van der Waals surface area contributed by atoms with Gasteiger partial charge in [-0.2, -0.15) is 5.10 Å². The lowest BCUT2D eigenvalue weighted by Gasteiger charge is -2.26. The number of carbonyl (C=O) groups is 2. The summed E-state index contributed by atoms with van der Waals surface area (Å²) in [5.41, 5.74) is -0.183. The number of aryl methyl sites for hydroxylation is 1. The molecular weight excluding hydrogens is 258 g/mol. The maximum Gasteiger partial charge on any atom is 0.331 e. The van der Waals surface area contributed by atoms with E-state index in [0.29, 0.717) is 6.42 Å². The van der Waals surface area contributed by atoms with E-state index in [0.717, 1.165) is 12.0 Å². The highest BCUT2D eigenvalue weighted by atomic mass is 16.5. The number of hydrogen-bond donors (Lipinski definition) is 1. The smallest absolute Gasteiger partial charge is 0.331 e. The Morgan fingerprint density at radius 2 is 2.25 bits per heavy atom. The summed E-state index contributed by atoms with van der Waals surface area (Å²) in [4.78, 5) is 23.7. The zero-order valence-corrected chi connectivity index (χ0v) is 12.3. The van der Waals surface area contributed by atoms with E-state index in [1.807, 2.05) is 6.92 Å². The highest BCUT2D eigenvalue weighted by Crippen LogP contribution is 2.14. The summed E-state index contributed by atoms with van der Waals surface area (Å²) < 4.78 is 6.39. The highest BCUT2D eigenvalue weighted by molar-refractivity contribution is 5.95. The van der Waals surface area contributed by atoms with Crippen molar-refractivity contribution in [3.05, 3.63) is 24.0 Å². The van der Waals surface area contributed by atoms with E-state index in [9.17, 15) is 9.59 Å². The third kappa shape index (κ3) is 4.22. The molecule has 1 atom stereocenters. The van der Waals surface area contributed by atoms with Crippen molar-refractivity contribution < 1.29 is 14.3 Å². The number of nitrogens with zero attached hydrogens (tertiary/aromatic N) is 2. The first-order valence-corrected chi connectivity index (χ1v) is 6.48. The topological polar surface area (TPSA) is 73.2 Å². The predicted molar refractivity (Wildman–Crippen MR) is 75.7 cm³/mol. The first-order chi connectivity index (χ1) is 9.41. The molecule has 0 aliphatic heterocycles. The number of esters is 1. The molecule has 1 heterocycles. The summed E-state index contributed by atoms with van der Waals surface area (Å²) in [5, 5.41) is 6.69. The lowest BCUT2D eigenvalue weighted by atomic mass is 9.96. The SMILES string of the molecule is CCCC(C)(NC(=O)/C=C/c1cnn(C)c1)C(=O)OC. The fourth-order valence-electron chi connectivity index (χ4n) is 1.95. The van der Waals surface area contributed by atoms with Crippen molar-refractivity contribution in [1.82, 2.24) is 15.1 Å². The molecule has 0 saturated heterocycles. The zero-order chi connectivity index (χ0) is 15.2. The molecule has 0 aliphatic carbocycles. The molecule has 0 aromatic carbocycles. The van der Waals surface area contributed by atoms with Crippen LogP contribution in [0.15, 0.2) is 18.5 Å². The van der Waals surface area contributed by atoms with Crippen LogP contribution in [0.25, 0.3) is 6.08 Å². The quantitative estimate of drug-likeness (QED) is 0.629. The first-order valence-electron chi connectivity index (χ1n) is 6.48. The van der Waals surface area contributed by atoms with Crippen LogP contribution in [0.2, 0.25) is 0 Å². The molecular formula is C14H21N3O3. The van der Waals surface area contributed by atoms with Gasteiger partial charge < -0.3 is 10.1 Å². The number of amides is 1. The zero-order valence-electron chi connectivity index (χ0n) is 12.3. The second-order valence-corrected chi connectivity index (χ2v) is 4.84. The normalized spacial score (nSPS) is 14.0. The average Bonchev–Trinajstić information content (AvgIpc) is 2.81. The largest absolute Gasteiger partial charge is 0.467 e. The number of ether oxygens (including phenoxy) is 1. The highest BCUT2D eigenvalue weighted by Gasteiger charge is 2.34. The Morgan fingerprint density at radius 3 is 2.75 bits per heavy atom. The Labute approximate surface area is 118 Å². The van der Waals surface area contributed by atoms with Gasteiger partial charge in [0.25, 0.3) is 0 Å². The van der Waals surface area contributed by atoms with Crippen molar-refractivity contribution in [2.45, 2.75) is 32.2 Å². The van der Waals surface area contributed by atoms with Gasteiger partial charge in [0.1, 0.15) is 5.54 Å². The van der Waals surface area contributed by atoms with Gasteiger partial charge in [0.15, 0.2) is 0 Å². The molecule has 6 nitrogen and oxygen atoms in total. The van der Waals surface area contributed by atoms with E-state index in [-0.39, 0.29) is 5.91 Å². The predicted octanol–water partition coefficient (Wildman–Crippen LogP) is 1.28. The molecule has 0 fully saturated rings. The summed E-state index contributed by atoms with van der Waals surface area (Å²) in [7, 11) is 3.11. The molecule has 0 saturated carbocycles. The molecule has 0 bridgehead atoms. The van der Waals surface area contributed by atoms with Crippen LogP contribution >= 0.6 is 0 Å². The molecule has 20 heavy (non-hydrogen) atoms. The van der Waals surface area contributed by atoms with Crippen LogP contribution in [0.5, 0.6) is 0 Å². The minimum atomic E-state index is -1.00. The second kappa shape index (κ2) is 6.88. The fraction of sp³-hybridized carbons (Fsp3) is 0.500. The maximum absolute atomic E-state index is 11.9.